The maximum absolute atomic E-state index is 11.5. The number of ether oxygens (including phenoxy) is 1. The highest BCUT2D eigenvalue weighted by molar-refractivity contribution is 5.93. The Hall–Kier alpha value is -1.89. The van der Waals surface area contributed by atoms with Gasteiger partial charge < -0.3 is 19.9 Å². The highest BCUT2D eigenvalue weighted by Gasteiger charge is 2.17. The van der Waals surface area contributed by atoms with Gasteiger partial charge in [-0.05, 0) is 0 Å². The Labute approximate surface area is 118 Å². The Kier molecular flexibility index (Phi) is 4.73. The van der Waals surface area contributed by atoms with E-state index in [0.29, 0.717) is 37.1 Å². The van der Waals surface area contributed by atoms with Crippen LogP contribution in [0.2, 0.25) is 0 Å². The summed E-state index contributed by atoms with van der Waals surface area (Å²) in [4.78, 5) is 24.4. The molecular formula is C13H21N5O2. The molecule has 2 heterocycles. The van der Waals surface area contributed by atoms with Crippen LogP contribution in [0.1, 0.15) is 13.3 Å². The van der Waals surface area contributed by atoms with Crippen molar-refractivity contribution >= 4 is 23.4 Å². The summed E-state index contributed by atoms with van der Waals surface area (Å²) in [5.74, 6) is 1.34. The highest BCUT2D eigenvalue weighted by atomic mass is 16.5. The third kappa shape index (κ3) is 3.36. The Morgan fingerprint density at radius 2 is 2.15 bits per heavy atom. The van der Waals surface area contributed by atoms with E-state index in [4.69, 9.17) is 4.74 Å². The summed E-state index contributed by atoms with van der Waals surface area (Å²) < 4.78 is 5.33. The lowest BCUT2D eigenvalue weighted by Gasteiger charge is -2.28. The number of morpholine rings is 1. The molecule has 2 rings (SSSR count). The third-order valence-electron chi connectivity index (χ3n) is 3.07. The normalized spacial score (nSPS) is 15.1. The number of amides is 1. The van der Waals surface area contributed by atoms with Gasteiger partial charge in [-0.3, -0.25) is 4.79 Å². The molecule has 1 aliphatic heterocycles. The van der Waals surface area contributed by atoms with Crippen LogP contribution in [-0.4, -0.2) is 56.3 Å². The molecule has 1 aromatic rings. The number of aromatic nitrogens is 2. The molecule has 0 atom stereocenters. The molecule has 1 saturated heterocycles. The first-order valence-corrected chi connectivity index (χ1v) is 6.78. The summed E-state index contributed by atoms with van der Waals surface area (Å²) in [7, 11) is 3.79. The zero-order valence-corrected chi connectivity index (χ0v) is 12.2. The molecule has 1 aliphatic rings. The van der Waals surface area contributed by atoms with Crippen molar-refractivity contribution in [2.24, 2.45) is 0 Å². The first-order chi connectivity index (χ1) is 9.61. The monoisotopic (exact) mass is 279 g/mol. The molecular weight excluding hydrogens is 258 g/mol. The summed E-state index contributed by atoms with van der Waals surface area (Å²) in [5, 5.41) is 2.82. The van der Waals surface area contributed by atoms with Crippen molar-refractivity contribution in [3.05, 3.63) is 6.20 Å². The predicted molar refractivity (Wildman–Crippen MR) is 78.3 cm³/mol. The highest BCUT2D eigenvalue weighted by Crippen LogP contribution is 2.24. The number of anilines is 3. The van der Waals surface area contributed by atoms with Crippen molar-refractivity contribution in [3.8, 4) is 0 Å². The van der Waals surface area contributed by atoms with Gasteiger partial charge in [0.05, 0.1) is 19.4 Å². The van der Waals surface area contributed by atoms with Gasteiger partial charge in [0.2, 0.25) is 11.9 Å². The van der Waals surface area contributed by atoms with E-state index in [1.54, 1.807) is 6.20 Å². The minimum atomic E-state index is -0.0455. The van der Waals surface area contributed by atoms with E-state index in [0.717, 1.165) is 13.1 Å². The number of carbonyl (C=O) groups excluding carboxylic acids is 1. The quantitative estimate of drug-likeness (QED) is 0.876. The number of rotatable bonds is 4. The molecule has 0 bridgehead atoms. The second-order valence-corrected chi connectivity index (χ2v) is 4.80. The van der Waals surface area contributed by atoms with Crippen LogP contribution in [0.4, 0.5) is 17.5 Å². The zero-order valence-electron chi connectivity index (χ0n) is 12.2. The second kappa shape index (κ2) is 6.51. The van der Waals surface area contributed by atoms with Crippen LogP contribution in [0.15, 0.2) is 6.20 Å². The summed E-state index contributed by atoms with van der Waals surface area (Å²) in [6, 6.07) is 0. The van der Waals surface area contributed by atoms with Crippen molar-refractivity contribution in [2.45, 2.75) is 13.3 Å². The van der Waals surface area contributed by atoms with Crippen LogP contribution < -0.4 is 15.1 Å². The molecule has 20 heavy (non-hydrogen) atoms. The van der Waals surface area contributed by atoms with Crippen LogP contribution in [0.5, 0.6) is 0 Å². The van der Waals surface area contributed by atoms with E-state index < -0.39 is 0 Å². The average Bonchev–Trinajstić information content (AvgIpc) is 2.48. The molecule has 0 saturated carbocycles. The van der Waals surface area contributed by atoms with Crippen LogP contribution in [-0.2, 0) is 9.53 Å². The Morgan fingerprint density at radius 3 is 2.75 bits per heavy atom. The number of carbonyl (C=O) groups is 1. The lowest BCUT2D eigenvalue weighted by molar-refractivity contribution is -0.115. The van der Waals surface area contributed by atoms with Crippen molar-refractivity contribution < 1.29 is 9.53 Å². The number of nitrogens with one attached hydrogen (secondary N) is 1. The molecule has 1 aromatic heterocycles. The Bertz CT molecular complexity index is 472. The summed E-state index contributed by atoms with van der Waals surface area (Å²) >= 11 is 0. The Balaban J connectivity index is 2.24. The van der Waals surface area contributed by atoms with Crippen molar-refractivity contribution in [1.29, 1.82) is 0 Å². The van der Waals surface area contributed by atoms with E-state index in [-0.39, 0.29) is 5.91 Å². The molecule has 0 aromatic carbocycles. The van der Waals surface area contributed by atoms with E-state index in [2.05, 4.69) is 20.2 Å². The lowest BCUT2D eigenvalue weighted by Crippen LogP contribution is -2.37. The maximum Gasteiger partial charge on any atom is 0.227 e. The van der Waals surface area contributed by atoms with Gasteiger partial charge >= 0.3 is 0 Å². The van der Waals surface area contributed by atoms with Crippen LogP contribution in [0, 0.1) is 0 Å². The zero-order chi connectivity index (χ0) is 14.5. The average molecular weight is 279 g/mol. The molecule has 110 valence electrons. The maximum atomic E-state index is 11.5. The minimum Gasteiger partial charge on any atom is -0.378 e. The predicted octanol–water partition coefficient (Wildman–Crippen LogP) is 0.728. The van der Waals surface area contributed by atoms with Gasteiger partial charge in [-0.1, -0.05) is 6.92 Å². The van der Waals surface area contributed by atoms with Crippen molar-refractivity contribution in [3.63, 3.8) is 0 Å². The number of nitrogens with zero attached hydrogens (tertiary/aromatic N) is 4. The standard InChI is InChI=1S/C13H21N5O2/c1-4-11(19)15-10-9-14-13(16-12(10)17(2)3)18-5-7-20-8-6-18/h9H,4-8H2,1-3H3,(H,15,19). The molecule has 1 amide bonds. The number of hydrogen-bond donors (Lipinski definition) is 1. The van der Waals surface area contributed by atoms with Crippen LogP contribution >= 0.6 is 0 Å². The molecule has 1 N–H and O–H groups in total. The SMILES string of the molecule is CCC(=O)Nc1cnc(N2CCOCC2)nc1N(C)C. The summed E-state index contributed by atoms with van der Waals surface area (Å²) in [5.41, 5.74) is 0.638. The van der Waals surface area contributed by atoms with Crippen LogP contribution in [0.25, 0.3) is 0 Å². The summed E-state index contributed by atoms with van der Waals surface area (Å²) in [6.07, 6.45) is 2.10. The smallest absolute Gasteiger partial charge is 0.227 e. The van der Waals surface area contributed by atoms with E-state index >= 15 is 0 Å². The molecule has 7 heteroatoms. The van der Waals surface area contributed by atoms with Crippen molar-refractivity contribution in [1.82, 2.24) is 9.97 Å². The molecule has 7 nitrogen and oxygen atoms in total. The van der Waals surface area contributed by atoms with E-state index in [9.17, 15) is 4.79 Å². The third-order valence-corrected chi connectivity index (χ3v) is 3.07. The fourth-order valence-electron chi connectivity index (χ4n) is 1.95. The Morgan fingerprint density at radius 1 is 1.45 bits per heavy atom. The summed E-state index contributed by atoms with van der Waals surface area (Å²) in [6.45, 7) is 4.76. The van der Waals surface area contributed by atoms with E-state index in [1.807, 2.05) is 25.9 Å². The van der Waals surface area contributed by atoms with Gasteiger partial charge in [0, 0.05) is 33.6 Å². The molecule has 1 fully saturated rings. The minimum absolute atomic E-state index is 0.0455. The largest absolute Gasteiger partial charge is 0.378 e. The van der Waals surface area contributed by atoms with Gasteiger partial charge in [0.1, 0.15) is 5.69 Å². The molecule has 0 radical (unpaired) electrons. The number of hydrogen-bond acceptors (Lipinski definition) is 6. The molecule has 0 spiro atoms. The first-order valence-electron chi connectivity index (χ1n) is 6.78. The topological polar surface area (TPSA) is 70.6 Å². The van der Waals surface area contributed by atoms with E-state index in [1.165, 1.54) is 0 Å². The molecule has 0 aliphatic carbocycles. The van der Waals surface area contributed by atoms with Crippen molar-refractivity contribution in [2.75, 3.05) is 55.5 Å². The molecule has 0 unspecified atom stereocenters. The fraction of sp³-hybridized carbons (Fsp3) is 0.615. The van der Waals surface area contributed by atoms with Gasteiger partial charge in [-0.25, -0.2) is 4.98 Å². The second-order valence-electron chi connectivity index (χ2n) is 4.80. The fourth-order valence-corrected chi connectivity index (χ4v) is 1.95. The lowest BCUT2D eigenvalue weighted by atomic mass is 10.4. The van der Waals surface area contributed by atoms with Gasteiger partial charge in [-0.2, -0.15) is 4.98 Å². The van der Waals surface area contributed by atoms with Gasteiger partial charge in [-0.15, -0.1) is 0 Å². The van der Waals surface area contributed by atoms with Crippen LogP contribution in [0.3, 0.4) is 0 Å². The van der Waals surface area contributed by atoms with Gasteiger partial charge in [0.15, 0.2) is 5.82 Å². The van der Waals surface area contributed by atoms with Gasteiger partial charge in [0.25, 0.3) is 0 Å². The first kappa shape index (κ1) is 14.5.